The van der Waals surface area contributed by atoms with Crippen LogP contribution in [0.4, 0.5) is 5.69 Å². The van der Waals surface area contributed by atoms with Gasteiger partial charge in [-0.05, 0) is 61.6 Å². The van der Waals surface area contributed by atoms with Gasteiger partial charge in [-0.15, -0.1) is 0 Å². The van der Waals surface area contributed by atoms with Crippen LogP contribution in [0.25, 0.3) is 11.1 Å². The summed E-state index contributed by atoms with van der Waals surface area (Å²) in [5.74, 6) is 0.151. The van der Waals surface area contributed by atoms with Crippen molar-refractivity contribution in [3.8, 4) is 11.1 Å². The molecule has 0 spiro atoms. The molecule has 126 valence electrons. The molecule has 1 aromatic carbocycles. The summed E-state index contributed by atoms with van der Waals surface area (Å²) < 4.78 is 0. The van der Waals surface area contributed by atoms with Crippen LogP contribution < -0.4 is 4.90 Å². The van der Waals surface area contributed by atoms with Crippen molar-refractivity contribution in [1.82, 2.24) is 4.98 Å². The van der Waals surface area contributed by atoms with Gasteiger partial charge in [0.15, 0.2) is 0 Å². The Morgan fingerprint density at radius 2 is 1.71 bits per heavy atom. The number of aryl methyl sites for hydroxylation is 2. The molecule has 3 rings (SSSR count). The third-order valence-corrected chi connectivity index (χ3v) is 4.49. The van der Waals surface area contributed by atoms with Gasteiger partial charge in [0.25, 0.3) is 6.47 Å². The molecule has 0 unspecified atom stereocenters. The fraction of sp³-hybridized carbons (Fsp3) is 0.316. The molecule has 0 saturated carbocycles. The molecule has 5 nitrogen and oxygen atoms in total. The van der Waals surface area contributed by atoms with Crippen molar-refractivity contribution >= 4 is 18.1 Å². The second-order valence-corrected chi connectivity index (χ2v) is 6.47. The molecule has 2 heterocycles. The summed E-state index contributed by atoms with van der Waals surface area (Å²) >= 11 is 0. The molecular formula is C19H22N2O3. The smallest absolute Gasteiger partial charge is 0.290 e. The lowest BCUT2D eigenvalue weighted by atomic mass is 9.85. The number of pyridine rings is 1. The van der Waals surface area contributed by atoms with Crippen LogP contribution in [0.2, 0.25) is 0 Å². The van der Waals surface area contributed by atoms with Gasteiger partial charge in [-0.1, -0.05) is 12.1 Å². The summed E-state index contributed by atoms with van der Waals surface area (Å²) in [4.78, 5) is 26.7. The Labute approximate surface area is 142 Å². The minimum absolute atomic E-state index is 0.151. The zero-order chi connectivity index (χ0) is 18.1. The second-order valence-electron chi connectivity index (χ2n) is 6.47. The minimum atomic E-state index is -0.440. The SMILES string of the molecule is Cc1cncc(C)c1-c1ccc2c(c1)N(C)C(=O)C2(C)C.O=CO. The number of amides is 1. The number of nitrogens with zero attached hydrogens (tertiary/aromatic N) is 2. The van der Waals surface area contributed by atoms with E-state index in [1.54, 1.807) is 4.90 Å². The van der Waals surface area contributed by atoms with Gasteiger partial charge in [-0.3, -0.25) is 14.6 Å². The third kappa shape index (κ3) is 2.77. The van der Waals surface area contributed by atoms with Crippen molar-refractivity contribution in [2.45, 2.75) is 33.1 Å². The van der Waals surface area contributed by atoms with E-state index in [0.29, 0.717) is 0 Å². The van der Waals surface area contributed by atoms with Gasteiger partial charge >= 0.3 is 0 Å². The number of fused-ring (bicyclic) bond motifs is 1. The van der Waals surface area contributed by atoms with E-state index in [1.807, 2.05) is 33.3 Å². The highest BCUT2D eigenvalue weighted by atomic mass is 16.3. The number of hydrogen-bond donors (Lipinski definition) is 1. The van der Waals surface area contributed by atoms with Crippen molar-refractivity contribution in [2.24, 2.45) is 0 Å². The number of benzene rings is 1. The van der Waals surface area contributed by atoms with E-state index >= 15 is 0 Å². The number of aromatic nitrogens is 1. The number of carbonyl (C=O) groups excluding carboxylic acids is 1. The largest absolute Gasteiger partial charge is 0.483 e. The molecule has 0 saturated heterocycles. The lowest BCUT2D eigenvalue weighted by Crippen LogP contribution is -2.33. The van der Waals surface area contributed by atoms with Crippen LogP contribution in [0.15, 0.2) is 30.6 Å². The second kappa shape index (κ2) is 6.43. The first kappa shape index (κ1) is 17.7. The number of anilines is 1. The number of rotatable bonds is 1. The zero-order valence-electron chi connectivity index (χ0n) is 14.6. The Kier molecular flexibility index (Phi) is 4.73. The van der Waals surface area contributed by atoms with Crippen LogP contribution in [0.1, 0.15) is 30.5 Å². The summed E-state index contributed by atoms with van der Waals surface area (Å²) in [5.41, 5.74) is 6.33. The highest BCUT2D eigenvalue weighted by Crippen LogP contribution is 2.43. The average molecular weight is 326 g/mol. The molecule has 1 N–H and O–H groups in total. The summed E-state index contributed by atoms with van der Waals surface area (Å²) in [6.07, 6.45) is 3.77. The van der Waals surface area contributed by atoms with E-state index in [0.717, 1.165) is 27.9 Å². The van der Waals surface area contributed by atoms with Crippen LogP contribution in [0.5, 0.6) is 0 Å². The topological polar surface area (TPSA) is 70.5 Å². The fourth-order valence-electron chi connectivity index (χ4n) is 3.29. The molecule has 0 atom stereocenters. The van der Waals surface area contributed by atoms with Gasteiger partial charge in [-0.2, -0.15) is 0 Å². The maximum absolute atomic E-state index is 12.4. The molecule has 0 radical (unpaired) electrons. The Balaban J connectivity index is 0.000000647. The van der Waals surface area contributed by atoms with Crippen LogP contribution in [-0.4, -0.2) is 29.5 Å². The Bertz CT molecular complexity index is 777. The van der Waals surface area contributed by atoms with Crippen molar-refractivity contribution < 1.29 is 14.7 Å². The summed E-state index contributed by atoms with van der Waals surface area (Å²) in [6, 6.07) is 6.32. The van der Waals surface area contributed by atoms with Gasteiger partial charge in [-0.25, -0.2) is 0 Å². The van der Waals surface area contributed by atoms with Crippen molar-refractivity contribution in [1.29, 1.82) is 0 Å². The van der Waals surface area contributed by atoms with E-state index in [2.05, 4.69) is 37.0 Å². The first-order chi connectivity index (χ1) is 11.3. The molecule has 1 amide bonds. The van der Waals surface area contributed by atoms with Crippen LogP contribution >= 0.6 is 0 Å². The molecule has 1 aromatic heterocycles. The molecule has 0 fully saturated rings. The van der Waals surface area contributed by atoms with Gasteiger partial charge < -0.3 is 10.0 Å². The number of likely N-dealkylation sites (N-methyl/N-ethyl adjacent to an activating group) is 1. The van der Waals surface area contributed by atoms with Gasteiger partial charge in [0, 0.05) is 25.1 Å². The van der Waals surface area contributed by atoms with Gasteiger partial charge in [0.2, 0.25) is 5.91 Å². The maximum Gasteiger partial charge on any atom is 0.290 e. The van der Waals surface area contributed by atoms with E-state index in [-0.39, 0.29) is 12.4 Å². The number of carboxylic acid groups (broad SMARTS) is 1. The maximum atomic E-state index is 12.4. The van der Waals surface area contributed by atoms with Crippen LogP contribution in [0.3, 0.4) is 0 Å². The molecule has 1 aliphatic heterocycles. The summed E-state index contributed by atoms with van der Waals surface area (Å²) in [6.45, 7) is 7.86. The predicted octanol–water partition coefficient (Wildman–Crippen LogP) is 3.32. The minimum Gasteiger partial charge on any atom is -0.483 e. The standard InChI is InChI=1S/C18H20N2O.CH2O2/c1-11-9-19-10-12(2)16(11)13-6-7-14-15(8-13)20(5)17(21)18(14,3)4;2-1-3/h6-10H,1-5H3;1H,(H,2,3). The highest BCUT2D eigenvalue weighted by molar-refractivity contribution is 6.07. The molecule has 24 heavy (non-hydrogen) atoms. The quantitative estimate of drug-likeness (QED) is 0.816. The fourth-order valence-corrected chi connectivity index (χ4v) is 3.29. The average Bonchev–Trinajstić information content (AvgIpc) is 2.69. The van der Waals surface area contributed by atoms with E-state index in [1.165, 1.54) is 5.56 Å². The molecule has 0 bridgehead atoms. The molecule has 1 aliphatic rings. The number of hydrogen-bond acceptors (Lipinski definition) is 3. The zero-order valence-corrected chi connectivity index (χ0v) is 14.6. The molecule has 0 aliphatic carbocycles. The van der Waals surface area contributed by atoms with Crippen LogP contribution in [-0.2, 0) is 15.0 Å². The van der Waals surface area contributed by atoms with E-state index < -0.39 is 5.41 Å². The number of carbonyl (C=O) groups is 2. The molecule has 5 heteroatoms. The van der Waals surface area contributed by atoms with Crippen molar-refractivity contribution in [3.05, 3.63) is 47.3 Å². The van der Waals surface area contributed by atoms with Crippen molar-refractivity contribution in [3.63, 3.8) is 0 Å². The monoisotopic (exact) mass is 326 g/mol. The first-order valence-corrected chi connectivity index (χ1v) is 7.67. The lowest BCUT2D eigenvalue weighted by Gasteiger charge is -2.16. The summed E-state index contributed by atoms with van der Waals surface area (Å²) in [7, 11) is 1.85. The van der Waals surface area contributed by atoms with Crippen molar-refractivity contribution in [2.75, 3.05) is 11.9 Å². The molecular weight excluding hydrogens is 304 g/mol. The highest BCUT2D eigenvalue weighted by Gasteiger charge is 2.42. The van der Waals surface area contributed by atoms with Crippen LogP contribution in [0, 0.1) is 13.8 Å². The van der Waals surface area contributed by atoms with Gasteiger partial charge in [0.1, 0.15) is 0 Å². The predicted molar refractivity (Wildman–Crippen MR) is 94.3 cm³/mol. The van der Waals surface area contributed by atoms with E-state index in [4.69, 9.17) is 9.90 Å². The normalized spacial score (nSPS) is 14.7. The Hall–Kier alpha value is -2.69. The molecule has 2 aromatic rings. The lowest BCUT2D eigenvalue weighted by molar-refractivity contribution is -0.123. The van der Waals surface area contributed by atoms with E-state index in [9.17, 15) is 4.79 Å². The third-order valence-electron chi connectivity index (χ3n) is 4.49. The Morgan fingerprint density at radius 3 is 2.25 bits per heavy atom. The first-order valence-electron chi connectivity index (χ1n) is 7.67. The summed E-state index contributed by atoms with van der Waals surface area (Å²) in [5, 5.41) is 6.89. The Morgan fingerprint density at radius 1 is 1.17 bits per heavy atom. The van der Waals surface area contributed by atoms with Gasteiger partial charge in [0.05, 0.1) is 5.41 Å².